The van der Waals surface area contributed by atoms with Gasteiger partial charge in [0.15, 0.2) is 6.10 Å². The molecule has 1 N–H and O–H groups in total. The Kier molecular flexibility index (Phi) is 7.62. The van der Waals surface area contributed by atoms with Crippen molar-refractivity contribution in [1.82, 2.24) is 9.88 Å². The van der Waals surface area contributed by atoms with E-state index in [9.17, 15) is 14.9 Å². The molecule has 0 bridgehead atoms. The summed E-state index contributed by atoms with van der Waals surface area (Å²) in [7, 11) is 0. The highest BCUT2D eigenvalue weighted by atomic mass is 16.5. The Morgan fingerprint density at radius 3 is 2.68 bits per heavy atom. The lowest BCUT2D eigenvalue weighted by atomic mass is 9.95. The highest BCUT2D eigenvalue weighted by molar-refractivity contribution is 5.99. The Labute approximate surface area is 166 Å². The molecular weight excluding hydrogens is 354 g/mol. The number of carbonyl (C=O) groups is 2. The predicted octanol–water partition coefficient (Wildman–Crippen LogP) is 3.75. The van der Waals surface area contributed by atoms with Gasteiger partial charge < -0.3 is 14.6 Å². The second-order valence-corrected chi connectivity index (χ2v) is 7.24. The van der Waals surface area contributed by atoms with E-state index in [0.29, 0.717) is 6.04 Å². The number of nitriles is 1. The maximum Gasteiger partial charge on any atom is 0.349 e. The monoisotopic (exact) mass is 383 g/mol. The molecule has 1 aliphatic carbocycles. The zero-order chi connectivity index (χ0) is 20.7. The SMILES string of the molecule is C=CCNC(=O)[C@@H](C)OC(=O)/C(C#N)=C/c1cc(C)n(C2CCCCC2)c1C. The van der Waals surface area contributed by atoms with E-state index in [1.165, 1.54) is 32.3 Å². The molecule has 0 spiro atoms. The molecule has 1 atom stereocenters. The van der Waals surface area contributed by atoms with Crippen molar-refractivity contribution in [3.8, 4) is 6.07 Å². The number of nitrogens with one attached hydrogen (secondary N) is 1. The third-order valence-electron chi connectivity index (χ3n) is 5.18. The molecule has 150 valence electrons. The van der Waals surface area contributed by atoms with Gasteiger partial charge in [0, 0.05) is 24.0 Å². The first-order valence-electron chi connectivity index (χ1n) is 9.78. The number of amides is 1. The topological polar surface area (TPSA) is 84.1 Å². The van der Waals surface area contributed by atoms with E-state index >= 15 is 0 Å². The number of carbonyl (C=O) groups excluding carboxylic acids is 2. The summed E-state index contributed by atoms with van der Waals surface area (Å²) in [5, 5.41) is 12.0. The second kappa shape index (κ2) is 9.93. The minimum absolute atomic E-state index is 0.118. The van der Waals surface area contributed by atoms with Gasteiger partial charge in [-0.15, -0.1) is 6.58 Å². The normalized spacial score (nSPS) is 16.1. The molecule has 1 saturated carbocycles. The van der Waals surface area contributed by atoms with E-state index in [4.69, 9.17) is 4.74 Å². The number of esters is 1. The fourth-order valence-electron chi connectivity index (χ4n) is 3.74. The molecule has 0 aromatic carbocycles. The number of nitrogens with zero attached hydrogens (tertiary/aromatic N) is 2. The van der Waals surface area contributed by atoms with Crippen LogP contribution < -0.4 is 5.32 Å². The lowest BCUT2D eigenvalue weighted by Gasteiger charge is -2.26. The number of hydrogen-bond donors (Lipinski definition) is 1. The number of aryl methyl sites for hydroxylation is 1. The van der Waals surface area contributed by atoms with E-state index in [1.54, 1.807) is 6.08 Å². The minimum Gasteiger partial charge on any atom is -0.448 e. The van der Waals surface area contributed by atoms with E-state index in [2.05, 4.69) is 23.4 Å². The molecule has 1 amide bonds. The molecule has 0 unspecified atom stereocenters. The van der Waals surface area contributed by atoms with Crippen molar-refractivity contribution in [3.63, 3.8) is 0 Å². The largest absolute Gasteiger partial charge is 0.448 e. The molecule has 1 fully saturated rings. The maximum absolute atomic E-state index is 12.4. The van der Waals surface area contributed by atoms with E-state index < -0.39 is 18.0 Å². The third kappa shape index (κ3) is 5.13. The number of ether oxygens (including phenoxy) is 1. The van der Waals surface area contributed by atoms with Crippen molar-refractivity contribution in [2.45, 2.75) is 65.0 Å². The first-order chi connectivity index (χ1) is 13.4. The fourth-order valence-corrected chi connectivity index (χ4v) is 3.74. The van der Waals surface area contributed by atoms with Gasteiger partial charge in [0.25, 0.3) is 5.91 Å². The molecule has 2 rings (SSSR count). The summed E-state index contributed by atoms with van der Waals surface area (Å²) in [6.07, 6.45) is 8.16. The van der Waals surface area contributed by atoms with Crippen molar-refractivity contribution >= 4 is 18.0 Å². The van der Waals surface area contributed by atoms with E-state index in [-0.39, 0.29) is 12.1 Å². The highest BCUT2D eigenvalue weighted by Gasteiger charge is 2.22. The molecule has 1 aromatic rings. The average molecular weight is 383 g/mol. The van der Waals surface area contributed by atoms with Crippen LogP contribution in [0.1, 0.15) is 62.0 Å². The van der Waals surface area contributed by atoms with Crippen molar-refractivity contribution in [1.29, 1.82) is 5.26 Å². The van der Waals surface area contributed by atoms with Crippen LogP contribution in [0.3, 0.4) is 0 Å². The summed E-state index contributed by atoms with van der Waals surface area (Å²) in [5.41, 5.74) is 2.88. The summed E-state index contributed by atoms with van der Waals surface area (Å²) in [6, 6.07) is 4.37. The van der Waals surface area contributed by atoms with Gasteiger partial charge >= 0.3 is 5.97 Å². The summed E-state index contributed by atoms with van der Waals surface area (Å²) < 4.78 is 7.46. The fraction of sp³-hybridized carbons (Fsp3) is 0.500. The summed E-state index contributed by atoms with van der Waals surface area (Å²) >= 11 is 0. The van der Waals surface area contributed by atoms with Gasteiger partial charge in [0.1, 0.15) is 11.6 Å². The molecule has 1 aromatic heterocycles. The number of hydrogen-bond acceptors (Lipinski definition) is 4. The Hall–Kier alpha value is -2.81. The standard InChI is InChI=1S/C22H29N3O3/c1-5-11-24-21(26)17(4)28-22(27)19(14-23)13-18-12-15(2)25(16(18)3)20-9-7-6-8-10-20/h5,12-13,17,20H,1,6-11H2,2-4H3,(H,24,26)/b19-13+/t17-/m1/s1. The molecule has 0 aliphatic heterocycles. The Bertz CT molecular complexity index is 808. The van der Waals surface area contributed by atoms with Gasteiger partial charge in [-0.3, -0.25) is 4.79 Å². The molecule has 28 heavy (non-hydrogen) atoms. The van der Waals surface area contributed by atoms with Crippen LogP contribution in [0.4, 0.5) is 0 Å². The van der Waals surface area contributed by atoms with Gasteiger partial charge in [-0.2, -0.15) is 5.26 Å². The second-order valence-electron chi connectivity index (χ2n) is 7.24. The van der Waals surface area contributed by atoms with Crippen molar-refractivity contribution in [3.05, 3.63) is 41.2 Å². The van der Waals surface area contributed by atoms with Crippen LogP contribution in [0.5, 0.6) is 0 Å². The Morgan fingerprint density at radius 2 is 2.07 bits per heavy atom. The Balaban J connectivity index is 2.17. The van der Waals surface area contributed by atoms with Crippen LogP contribution in [0, 0.1) is 25.2 Å². The van der Waals surface area contributed by atoms with Crippen LogP contribution in [0.15, 0.2) is 24.3 Å². The van der Waals surface area contributed by atoms with Crippen LogP contribution in [0.2, 0.25) is 0 Å². The van der Waals surface area contributed by atoms with Gasteiger partial charge in [0.2, 0.25) is 0 Å². The molecule has 6 heteroatoms. The molecular formula is C22H29N3O3. The average Bonchev–Trinajstić information content (AvgIpc) is 2.97. The zero-order valence-corrected chi connectivity index (χ0v) is 17.0. The predicted molar refractivity (Wildman–Crippen MR) is 108 cm³/mol. The molecule has 1 heterocycles. The smallest absolute Gasteiger partial charge is 0.349 e. The van der Waals surface area contributed by atoms with Crippen LogP contribution in [-0.4, -0.2) is 29.1 Å². The zero-order valence-electron chi connectivity index (χ0n) is 17.0. The molecule has 1 aliphatic rings. The van der Waals surface area contributed by atoms with Gasteiger partial charge in [-0.1, -0.05) is 25.3 Å². The van der Waals surface area contributed by atoms with E-state index in [1.807, 2.05) is 19.1 Å². The van der Waals surface area contributed by atoms with Gasteiger partial charge in [-0.05, 0) is 51.3 Å². The number of rotatable bonds is 7. The minimum atomic E-state index is -0.987. The maximum atomic E-state index is 12.4. The summed E-state index contributed by atoms with van der Waals surface area (Å²) in [5.74, 6) is -1.23. The van der Waals surface area contributed by atoms with Crippen LogP contribution >= 0.6 is 0 Å². The summed E-state index contributed by atoms with van der Waals surface area (Å²) in [4.78, 5) is 24.2. The first kappa shape index (κ1) is 21.5. The quantitative estimate of drug-likeness (QED) is 0.336. The van der Waals surface area contributed by atoms with Crippen LogP contribution in [-0.2, 0) is 14.3 Å². The number of aromatic nitrogens is 1. The lowest BCUT2D eigenvalue weighted by Crippen LogP contribution is -2.36. The molecule has 6 nitrogen and oxygen atoms in total. The van der Waals surface area contributed by atoms with Crippen molar-refractivity contribution in [2.75, 3.05) is 6.54 Å². The van der Waals surface area contributed by atoms with Crippen LogP contribution in [0.25, 0.3) is 6.08 Å². The lowest BCUT2D eigenvalue weighted by molar-refractivity contribution is -0.150. The van der Waals surface area contributed by atoms with Crippen molar-refractivity contribution in [2.24, 2.45) is 0 Å². The van der Waals surface area contributed by atoms with Gasteiger partial charge in [0.05, 0.1) is 0 Å². The first-order valence-corrected chi connectivity index (χ1v) is 9.78. The van der Waals surface area contributed by atoms with Gasteiger partial charge in [-0.25, -0.2) is 4.79 Å². The Morgan fingerprint density at radius 1 is 1.39 bits per heavy atom. The molecule has 0 radical (unpaired) electrons. The molecule has 0 saturated heterocycles. The highest BCUT2D eigenvalue weighted by Crippen LogP contribution is 2.32. The van der Waals surface area contributed by atoms with Crippen molar-refractivity contribution < 1.29 is 14.3 Å². The third-order valence-corrected chi connectivity index (χ3v) is 5.18. The summed E-state index contributed by atoms with van der Waals surface area (Å²) in [6.45, 7) is 9.34. The van der Waals surface area contributed by atoms with E-state index in [0.717, 1.165) is 29.8 Å².